The molecule has 5 heterocycles. The van der Waals surface area contributed by atoms with Gasteiger partial charge in [-0.25, -0.2) is 0 Å². The van der Waals surface area contributed by atoms with Crippen LogP contribution in [0.3, 0.4) is 0 Å². The highest BCUT2D eigenvalue weighted by atomic mass is 16.5. The number of anilines is 1. The van der Waals surface area contributed by atoms with Gasteiger partial charge in [0.05, 0.1) is 19.1 Å². The third-order valence-corrected chi connectivity index (χ3v) is 7.81. The Kier molecular flexibility index (Phi) is 4.02. The number of nitrogens with one attached hydrogen (secondary N) is 1. The quantitative estimate of drug-likeness (QED) is 0.803. The van der Waals surface area contributed by atoms with Crippen LogP contribution >= 0.6 is 0 Å². The van der Waals surface area contributed by atoms with Gasteiger partial charge in [0.15, 0.2) is 0 Å². The minimum atomic E-state index is -0.821. The van der Waals surface area contributed by atoms with E-state index in [4.69, 9.17) is 4.74 Å². The van der Waals surface area contributed by atoms with Crippen LogP contribution in [0.1, 0.15) is 24.8 Å². The first-order valence-electron chi connectivity index (χ1n) is 11.0. The highest BCUT2D eigenvalue weighted by Crippen LogP contribution is 2.55. The summed E-state index contributed by atoms with van der Waals surface area (Å²) in [5.41, 5.74) is 1.05. The van der Waals surface area contributed by atoms with Crippen LogP contribution in [0.15, 0.2) is 24.3 Å². The number of likely N-dealkylation sites (tertiary alicyclic amines) is 1. The van der Waals surface area contributed by atoms with E-state index in [0.29, 0.717) is 12.1 Å². The minimum absolute atomic E-state index is 0.00768. The third kappa shape index (κ3) is 2.41. The van der Waals surface area contributed by atoms with Crippen molar-refractivity contribution in [1.29, 1.82) is 0 Å². The van der Waals surface area contributed by atoms with Crippen molar-refractivity contribution in [1.82, 2.24) is 14.7 Å². The predicted octanol–water partition coefficient (Wildman–Crippen LogP) is 0.861. The van der Waals surface area contributed by atoms with Crippen LogP contribution in [0.4, 0.5) is 5.69 Å². The molecule has 0 saturated carbocycles. The summed E-state index contributed by atoms with van der Waals surface area (Å²) >= 11 is 0. The molecule has 154 valence electrons. The average Bonchev–Trinajstić information content (AvgIpc) is 3.36. The standard InChI is InChI=1S/C22H28N4O3/c27-20(25-13-16(14-25)24-8-10-29-11-9-24)18-12-15-4-3-7-26(15)22(18)17-5-1-2-6-19(17)23-21(22)28/h1-2,5-6,15-16,18H,3-4,7-14H2,(H,23,28)/t15-,18-,22+/m1/s1. The van der Waals surface area contributed by atoms with Crippen LogP contribution in [-0.4, -0.2) is 84.5 Å². The third-order valence-electron chi connectivity index (χ3n) is 7.81. The maximum absolute atomic E-state index is 13.7. The molecule has 0 radical (unpaired) electrons. The molecule has 0 unspecified atom stereocenters. The number of para-hydroxylation sites is 1. The molecule has 0 bridgehead atoms. The molecule has 2 amide bonds. The zero-order valence-corrected chi connectivity index (χ0v) is 16.7. The van der Waals surface area contributed by atoms with Crippen molar-refractivity contribution < 1.29 is 14.3 Å². The molecule has 0 aromatic heterocycles. The highest BCUT2D eigenvalue weighted by molar-refractivity contribution is 6.09. The van der Waals surface area contributed by atoms with Gasteiger partial charge in [0.2, 0.25) is 11.8 Å². The monoisotopic (exact) mass is 396 g/mol. The fraction of sp³-hybridized carbons (Fsp3) is 0.636. The number of hydrogen-bond acceptors (Lipinski definition) is 5. The number of amides is 2. The molecule has 1 spiro atoms. The van der Waals surface area contributed by atoms with E-state index in [9.17, 15) is 9.59 Å². The normalized spacial score (nSPS) is 34.9. The molecule has 7 nitrogen and oxygen atoms in total. The SMILES string of the molecule is O=C([C@H]1C[C@H]2CCCN2[C@]12C(=O)Nc1ccccc12)N1CC(N2CCOCC2)C1. The number of benzene rings is 1. The van der Waals surface area contributed by atoms with Gasteiger partial charge in [-0.2, -0.15) is 0 Å². The van der Waals surface area contributed by atoms with E-state index in [-0.39, 0.29) is 17.7 Å². The van der Waals surface area contributed by atoms with Gasteiger partial charge in [0, 0.05) is 49.5 Å². The Balaban J connectivity index is 1.29. The second-order valence-corrected chi connectivity index (χ2v) is 9.09. The van der Waals surface area contributed by atoms with E-state index in [0.717, 1.165) is 76.5 Å². The Bertz CT molecular complexity index is 848. The smallest absolute Gasteiger partial charge is 0.250 e. The van der Waals surface area contributed by atoms with Crippen LogP contribution in [0, 0.1) is 5.92 Å². The summed E-state index contributed by atoms with van der Waals surface area (Å²) in [6, 6.07) is 8.71. The maximum atomic E-state index is 13.7. The number of carbonyl (C=O) groups excluding carboxylic acids is 2. The molecule has 3 atom stereocenters. The number of morpholine rings is 1. The van der Waals surface area contributed by atoms with Crippen molar-refractivity contribution in [3.63, 3.8) is 0 Å². The first kappa shape index (κ1) is 17.9. The fourth-order valence-electron chi connectivity index (χ4n) is 6.39. The Morgan fingerprint density at radius 1 is 1.10 bits per heavy atom. The lowest BCUT2D eigenvalue weighted by molar-refractivity contribution is -0.151. The molecule has 7 heteroatoms. The summed E-state index contributed by atoms with van der Waals surface area (Å²) in [7, 11) is 0. The zero-order chi connectivity index (χ0) is 19.6. The van der Waals surface area contributed by atoms with E-state index in [1.807, 2.05) is 29.2 Å². The van der Waals surface area contributed by atoms with E-state index in [1.54, 1.807) is 0 Å². The summed E-state index contributed by atoms with van der Waals surface area (Å²) in [6.45, 7) is 5.91. The molecule has 0 aliphatic carbocycles. The summed E-state index contributed by atoms with van der Waals surface area (Å²) in [4.78, 5) is 33.9. The fourth-order valence-corrected chi connectivity index (χ4v) is 6.39. The second kappa shape index (κ2) is 6.52. The highest BCUT2D eigenvalue weighted by Gasteiger charge is 2.66. The minimum Gasteiger partial charge on any atom is -0.379 e. The van der Waals surface area contributed by atoms with Crippen LogP contribution < -0.4 is 5.32 Å². The Morgan fingerprint density at radius 3 is 2.72 bits per heavy atom. The van der Waals surface area contributed by atoms with Crippen molar-refractivity contribution in [3.05, 3.63) is 29.8 Å². The number of rotatable bonds is 2. The molecule has 1 aromatic rings. The lowest BCUT2D eigenvalue weighted by Crippen LogP contribution is -2.65. The summed E-state index contributed by atoms with van der Waals surface area (Å²) in [5, 5.41) is 3.09. The maximum Gasteiger partial charge on any atom is 0.250 e. The zero-order valence-electron chi connectivity index (χ0n) is 16.7. The van der Waals surface area contributed by atoms with Crippen molar-refractivity contribution in [2.24, 2.45) is 5.92 Å². The molecular weight excluding hydrogens is 368 g/mol. The first-order chi connectivity index (χ1) is 14.2. The second-order valence-electron chi connectivity index (χ2n) is 9.09. The lowest BCUT2D eigenvalue weighted by atomic mass is 9.77. The molecule has 6 rings (SSSR count). The Morgan fingerprint density at radius 2 is 1.90 bits per heavy atom. The van der Waals surface area contributed by atoms with Gasteiger partial charge in [0.1, 0.15) is 5.54 Å². The Labute approximate surface area is 171 Å². The number of fused-ring (bicyclic) bond motifs is 4. The van der Waals surface area contributed by atoms with Crippen molar-refractivity contribution >= 4 is 17.5 Å². The van der Waals surface area contributed by atoms with Crippen molar-refractivity contribution in [3.8, 4) is 0 Å². The summed E-state index contributed by atoms with van der Waals surface area (Å²) in [5.74, 6) is -0.135. The largest absolute Gasteiger partial charge is 0.379 e. The number of hydrogen-bond donors (Lipinski definition) is 1. The summed E-state index contributed by atoms with van der Waals surface area (Å²) < 4.78 is 5.45. The number of carbonyl (C=O) groups is 2. The first-order valence-corrected chi connectivity index (χ1v) is 11.0. The summed E-state index contributed by atoms with van der Waals surface area (Å²) in [6.07, 6.45) is 2.97. The van der Waals surface area contributed by atoms with Gasteiger partial charge in [-0.3, -0.25) is 19.4 Å². The Hall–Kier alpha value is -1.96. The van der Waals surface area contributed by atoms with Crippen LogP contribution in [0.25, 0.3) is 0 Å². The van der Waals surface area contributed by atoms with Gasteiger partial charge in [-0.05, 0) is 31.9 Å². The van der Waals surface area contributed by atoms with Crippen molar-refractivity contribution in [2.75, 3.05) is 51.3 Å². The van der Waals surface area contributed by atoms with Crippen LogP contribution in [-0.2, 0) is 19.9 Å². The molecule has 4 fully saturated rings. The molecular formula is C22H28N4O3. The van der Waals surface area contributed by atoms with E-state index < -0.39 is 5.54 Å². The van der Waals surface area contributed by atoms with E-state index in [1.165, 1.54) is 0 Å². The van der Waals surface area contributed by atoms with Crippen LogP contribution in [0.2, 0.25) is 0 Å². The topological polar surface area (TPSA) is 65.1 Å². The molecule has 4 saturated heterocycles. The van der Waals surface area contributed by atoms with Crippen molar-refractivity contribution in [2.45, 2.75) is 36.9 Å². The predicted molar refractivity (Wildman–Crippen MR) is 107 cm³/mol. The van der Waals surface area contributed by atoms with Gasteiger partial charge in [-0.15, -0.1) is 0 Å². The molecule has 5 aliphatic heterocycles. The van der Waals surface area contributed by atoms with Gasteiger partial charge < -0.3 is 15.0 Å². The van der Waals surface area contributed by atoms with Gasteiger partial charge in [-0.1, -0.05) is 18.2 Å². The van der Waals surface area contributed by atoms with E-state index in [2.05, 4.69) is 15.1 Å². The van der Waals surface area contributed by atoms with Gasteiger partial charge >= 0.3 is 0 Å². The molecule has 5 aliphatic rings. The van der Waals surface area contributed by atoms with E-state index >= 15 is 0 Å². The molecule has 1 N–H and O–H groups in total. The van der Waals surface area contributed by atoms with Crippen LogP contribution in [0.5, 0.6) is 0 Å². The lowest BCUT2D eigenvalue weighted by Gasteiger charge is -2.48. The molecule has 1 aromatic carbocycles. The number of nitrogens with zero attached hydrogens (tertiary/aromatic N) is 3. The average molecular weight is 396 g/mol. The van der Waals surface area contributed by atoms with Gasteiger partial charge in [0.25, 0.3) is 0 Å². The number of ether oxygens (including phenoxy) is 1. The molecule has 29 heavy (non-hydrogen) atoms.